The molecule has 0 amide bonds. The van der Waals surface area contributed by atoms with Gasteiger partial charge in [0.25, 0.3) is 5.69 Å². The summed E-state index contributed by atoms with van der Waals surface area (Å²) in [5.41, 5.74) is 6.41. The summed E-state index contributed by atoms with van der Waals surface area (Å²) >= 11 is 3.21. The zero-order chi connectivity index (χ0) is 14.7. The monoisotopic (exact) mass is 337 g/mol. The molecule has 1 aromatic carbocycles. The van der Waals surface area contributed by atoms with Crippen LogP contribution in [0.15, 0.2) is 41.0 Å². The molecule has 0 fully saturated rings. The van der Waals surface area contributed by atoms with E-state index in [1.54, 1.807) is 18.2 Å². The molecule has 0 saturated carbocycles. The van der Waals surface area contributed by atoms with Crippen molar-refractivity contribution in [1.29, 1.82) is 0 Å². The van der Waals surface area contributed by atoms with Crippen molar-refractivity contribution in [3.8, 4) is 11.5 Å². The van der Waals surface area contributed by atoms with E-state index < -0.39 is 4.92 Å². The Labute approximate surface area is 123 Å². The molecular formula is C13H12BrN3O3. The van der Waals surface area contributed by atoms with E-state index in [-0.39, 0.29) is 11.7 Å². The number of ether oxygens (including phenoxy) is 1. The molecule has 0 saturated heterocycles. The summed E-state index contributed by atoms with van der Waals surface area (Å²) in [6.45, 7) is 1.83. The molecule has 2 N–H and O–H groups in total. The van der Waals surface area contributed by atoms with Crippen LogP contribution in [-0.4, -0.2) is 9.91 Å². The highest BCUT2D eigenvalue weighted by molar-refractivity contribution is 9.10. The van der Waals surface area contributed by atoms with Crippen molar-refractivity contribution in [2.45, 2.75) is 13.0 Å². The number of non-ortho nitro benzene ring substituents is 1. The van der Waals surface area contributed by atoms with Crippen LogP contribution >= 0.6 is 15.9 Å². The van der Waals surface area contributed by atoms with Gasteiger partial charge in [-0.25, -0.2) is 0 Å². The van der Waals surface area contributed by atoms with Gasteiger partial charge in [0.1, 0.15) is 11.5 Å². The van der Waals surface area contributed by atoms with Crippen molar-refractivity contribution in [3.63, 3.8) is 0 Å². The lowest BCUT2D eigenvalue weighted by molar-refractivity contribution is -0.385. The number of rotatable bonds is 4. The molecule has 6 nitrogen and oxygen atoms in total. The average molecular weight is 338 g/mol. The fraction of sp³-hybridized carbons (Fsp3) is 0.154. The number of nitro benzene ring substituents is 1. The smallest absolute Gasteiger partial charge is 0.274 e. The Balaban J connectivity index is 2.23. The summed E-state index contributed by atoms with van der Waals surface area (Å²) in [4.78, 5) is 14.5. The average Bonchev–Trinajstić information content (AvgIpc) is 2.38. The van der Waals surface area contributed by atoms with Gasteiger partial charge in [-0.3, -0.25) is 15.1 Å². The van der Waals surface area contributed by atoms with E-state index in [2.05, 4.69) is 20.9 Å². The summed E-state index contributed by atoms with van der Waals surface area (Å²) in [6, 6.07) is 7.72. The van der Waals surface area contributed by atoms with Crippen LogP contribution in [0, 0.1) is 10.1 Å². The van der Waals surface area contributed by atoms with E-state index in [4.69, 9.17) is 10.5 Å². The van der Waals surface area contributed by atoms with Crippen LogP contribution in [0.1, 0.15) is 18.7 Å². The van der Waals surface area contributed by atoms with Crippen molar-refractivity contribution in [3.05, 3.63) is 56.8 Å². The fourth-order valence-corrected chi connectivity index (χ4v) is 2.03. The Morgan fingerprint density at radius 1 is 1.35 bits per heavy atom. The van der Waals surface area contributed by atoms with Crippen molar-refractivity contribution in [2.24, 2.45) is 5.73 Å². The van der Waals surface area contributed by atoms with Crippen LogP contribution in [0.3, 0.4) is 0 Å². The Bertz CT molecular complexity index is 629. The Kier molecular flexibility index (Phi) is 4.31. The second-order valence-electron chi connectivity index (χ2n) is 4.21. The maximum atomic E-state index is 10.8. The molecule has 0 bridgehead atoms. The summed E-state index contributed by atoms with van der Waals surface area (Å²) in [5.74, 6) is 0.850. The second-order valence-corrected chi connectivity index (χ2v) is 5.13. The minimum absolute atomic E-state index is 0.0467. The minimum Gasteiger partial charge on any atom is -0.455 e. The van der Waals surface area contributed by atoms with Gasteiger partial charge in [0.15, 0.2) is 0 Å². The van der Waals surface area contributed by atoms with Crippen LogP contribution in [0.5, 0.6) is 11.5 Å². The minimum atomic E-state index is -0.477. The lowest BCUT2D eigenvalue weighted by Crippen LogP contribution is -2.06. The third-order valence-corrected chi connectivity index (χ3v) is 2.99. The first-order valence-electron chi connectivity index (χ1n) is 5.80. The van der Waals surface area contributed by atoms with Gasteiger partial charge >= 0.3 is 0 Å². The molecule has 2 rings (SSSR count). The zero-order valence-electron chi connectivity index (χ0n) is 10.6. The van der Waals surface area contributed by atoms with E-state index >= 15 is 0 Å². The number of hydrogen-bond donors (Lipinski definition) is 1. The van der Waals surface area contributed by atoms with Gasteiger partial charge in [0, 0.05) is 16.6 Å². The Morgan fingerprint density at radius 3 is 2.65 bits per heavy atom. The van der Waals surface area contributed by atoms with Crippen molar-refractivity contribution < 1.29 is 9.66 Å². The van der Waals surface area contributed by atoms with Gasteiger partial charge in [-0.2, -0.15) is 0 Å². The molecule has 2 aromatic rings. The van der Waals surface area contributed by atoms with Gasteiger partial charge in [0.05, 0.1) is 22.9 Å². The molecule has 20 heavy (non-hydrogen) atoms. The fourth-order valence-electron chi connectivity index (χ4n) is 1.57. The molecule has 0 radical (unpaired) electrons. The predicted octanol–water partition coefficient (Wildman–Crippen LogP) is 3.56. The molecular weight excluding hydrogens is 326 g/mol. The number of benzene rings is 1. The highest BCUT2D eigenvalue weighted by atomic mass is 79.9. The topological polar surface area (TPSA) is 91.3 Å². The third-order valence-electron chi connectivity index (χ3n) is 2.53. The number of hydrogen-bond acceptors (Lipinski definition) is 5. The Hall–Kier alpha value is -1.99. The van der Waals surface area contributed by atoms with Gasteiger partial charge < -0.3 is 10.5 Å². The van der Waals surface area contributed by atoms with E-state index in [1.165, 1.54) is 18.3 Å². The molecule has 0 aliphatic carbocycles. The standard InChI is InChI=1S/C13H12BrN3O3/c1-8(15)13-3-2-11(7-16-13)20-12-5-9(14)4-10(6-12)17(18)19/h2-8H,15H2,1H3. The van der Waals surface area contributed by atoms with E-state index in [0.717, 1.165) is 5.69 Å². The molecule has 0 spiro atoms. The summed E-state index contributed by atoms with van der Waals surface area (Å²) < 4.78 is 6.12. The normalized spacial score (nSPS) is 11.9. The first kappa shape index (κ1) is 14.4. The number of aromatic nitrogens is 1. The highest BCUT2D eigenvalue weighted by Gasteiger charge is 2.10. The zero-order valence-corrected chi connectivity index (χ0v) is 12.2. The summed E-state index contributed by atoms with van der Waals surface area (Å²) in [7, 11) is 0. The van der Waals surface area contributed by atoms with Crippen molar-refractivity contribution in [1.82, 2.24) is 4.98 Å². The quantitative estimate of drug-likeness (QED) is 0.680. The van der Waals surface area contributed by atoms with Gasteiger partial charge in [-0.1, -0.05) is 15.9 Å². The van der Waals surface area contributed by atoms with E-state index in [0.29, 0.717) is 16.0 Å². The SMILES string of the molecule is CC(N)c1ccc(Oc2cc(Br)cc([N+](=O)[O-])c2)cn1. The van der Waals surface area contributed by atoms with Crippen LogP contribution in [0.2, 0.25) is 0 Å². The number of halogens is 1. The molecule has 1 unspecified atom stereocenters. The molecule has 1 aromatic heterocycles. The molecule has 0 aliphatic rings. The second kappa shape index (κ2) is 5.98. The van der Waals surface area contributed by atoms with Crippen LogP contribution in [0.25, 0.3) is 0 Å². The molecule has 1 atom stereocenters. The largest absolute Gasteiger partial charge is 0.455 e. The number of pyridine rings is 1. The highest BCUT2D eigenvalue weighted by Crippen LogP contribution is 2.29. The maximum absolute atomic E-state index is 10.8. The molecule has 7 heteroatoms. The molecule has 104 valence electrons. The van der Waals surface area contributed by atoms with Crippen molar-refractivity contribution in [2.75, 3.05) is 0 Å². The van der Waals surface area contributed by atoms with Crippen LogP contribution in [0.4, 0.5) is 5.69 Å². The van der Waals surface area contributed by atoms with Crippen LogP contribution < -0.4 is 10.5 Å². The molecule has 1 heterocycles. The Morgan fingerprint density at radius 2 is 2.10 bits per heavy atom. The van der Waals surface area contributed by atoms with Gasteiger partial charge in [-0.15, -0.1) is 0 Å². The first-order valence-corrected chi connectivity index (χ1v) is 6.59. The summed E-state index contributed by atoms with van der Waals surface area (Å²) in [5, 5.41) is 10.8. The maximum Gasteiger partial charge on any atom is 0.274 e. The van der Waals surface area contributed by atoms with Crippen LogP contribution in [-0.2, 0) is 0 Å². The summed E-state index contributed by atoms with van der Waals surface area (Å²) in [6.07, 6.45) is 1.53. The lowest BCUT2D eigenvalue weighted by Gasteiger charge is -2.08. The van der Waals surface area contributed by atoms with E-state index in [9.17, 15) is 10.1 Å². The third kappa shape index (κ3) is 3.52. The number of nitrogens with two attached hydrogens (primary N) is 1. The molecule has 0 aliphatic heterocycles. The number of nitro groups is 1. The first-order chi connectivity index (χ1) is 9.45. The predicted molar refractivity (Wildman–Crippen MR) is 77.7 cm³/mol. The van der Waals surface area contributed by atoms with Gasteiger partial charge in [0.2, 0.25) is 0 Å². The van der Waals surface area contributed by atoms with E-state index in [1.807, 2.05) is 6.92 Å². The number of nitrogens with zero attached hydrogens (tertiary/aromatic N) is 2. The van der Waals surface area contributed by atoms with Gasteiger partial charge in [-0.05, 0) is 25.1 Å². The van der Waals surface area contributed by atoms with Crippen molar-refractivity contribution >= 4 is 21.6 Å². The lowest BCUT2D eigenvalue weighted by atomic mass is 10.2.